The lowest BCUT2D eigenvalue weighted by atomic mass is 10.1. The van der Waals surface area contributed by atoms with E-state index in [-0.39, 0.29) is 0 Å². The lowest BCUT2D eigenvalue weighted by Gasteiger charge is -2.17. The fourth-order valence-corrected chi connectivity index (χ4v) is 1.78. The first-order valence-corrected chi connectivity index (χ1v) is 5.70. The lowest BCUT2D eigenvalue weighted by Crippen LogP contribution is -2.16. The molecular weight excluding hydrogens is 206 g/mol. The number of aryl methyl sites for hydroxylation is 1. The Morgan fingerprint density at radius 3 is 2.80 bits per heavy atom. The molecule has 1 atom stereocenters. The maximum absolute atomic E-state index is 5.90. The van der Waals surface area contributed by atoms with Gasteiger partial charge in [0.15, 0.2) is 0 Å². The maximum atomic E-state index is 5.90. The van der Waals surface area contributed by atoms with Crippen LogP contribution in [-0.2, 0) is 0 Å². The fourth-order valence-electron chi connectivity index (χ4n) is 1.55. The van der Waals surface area contributed by atoms with Gasteiger partial charge in [0.2, 0.25) is 0 Å². The Labute approximate surface area is 97.1 Å². The van der Waals surface area contributed by atoms with Crippen molar-refractivity contribution in [1.82, 2.24) is 0 Å². The van der Waals surface area contributed by atoms with Crippen molar-refractivity contribution in [3.63, 3.8) is 0 Å². The van der Waals surface area contributed by atoms with E-state index < -0.39 is 0 Å². The first-order valence-electron chi connectivity index (χ1n) is 5.32. The summed E-state index contributed by atoms with van der Waals surface area (Å²) in [5.74, 6) is 0. The standard InChI is InChI=1S/C13H18ClN/c1-4-6-12(5-2)15-13-8-7-11(14)9-10(13)3/h5,7-9,12,15H,2,4,6H2,1,3H3. The normalized spacial score (nSPS) is 12.2. The van der Waals surface area contributed by atoms with Gasteiger partial charge in [0.1, 0.15) is 0 Å². The van der Waals surface area contributed by atoms with Crippen molar-refractivity contribution >= 4 is 17.3 Å². The van der Waals surface area contributed by atoms with Crippen molar-refractivity contribution in [2.24, 2.45) is 0 Å². The van der Waals surface area contributed by atoms with E-state index in [2.05, 4.69) is 25.7 Å². The number of anilines is 1. The molecule has 2 heteroatoms. The Bertz CT molecular complexity index is 333. The number of nitrogens with one attached hydrogen (secondary N) is 1. The summed E-state index contributed by atoms with van der Waals surface area (Å²) in [7, 11) is 0. The third-order valence-corrected chi connectivity index (χ3v) is 2.65. The van der Waals surface area contributed by atoms with Crippen LogP contribution in [-0.4, -0.2) is 6.04 Å². The van der Waals surface area contributed by atoms with Crippen LogP contribution in [0, 0.1) is 6.92 Å². The van der Waals surface area contributed by atoms with Crippen molar-refractivity contribution in [2.75, 3.05) is 5.32 Å². The second-order valence-electron chi connectivity index (χ2n) is 3.73. The average molecular weight is 224 g/mol. The Hall–Kier alpha value is -0.950. The molecule has 0 spiro atoms. The highest BCUT2D eigenvalue weighted by Crippen LogP contribution is 2.21. The van der Waals surface area contributed by atoms with Crippen LogP contribution in [0.2, 0.25) is 5.02 Å². The topological polar surface area (TPSA) is 12.0 Å². The second-order valence-corrected chi connectivity index (χ2v) is 4.17. The molecule has 0 fully saturated rings. The molecule has 15 heavy (non-hydrogen) atoms. The van der Waals surface area contributed by atoms with Crippen LogP contribution < -0.4 is 5.32 Å². The molecule has 1 nitrogen and oxygen atoms in total. The van der Waals surface area contributed by atoms with Gasteiger partial charge in [-0.3, -0.25) is 0 Å². The molecule has 0 aliphatic rings. The van der Waals surface area contributed by atoms with Gasteiger partial charge in [-0.05, 0) is 37.1 Å². The molecule has 0 radical (unpaired) electrons. The third kappa shape index (κ3) is 3.60. The van der Waals surface area contributed by atoms with Crippen LogP contribution in [0.1, 0.15) is 25.3 Å². The summed E-state index contributed by atoms with van der Waals surface area (Å²) >= 11 is 5.90. The molecular formula is C13H18ClN. The molecule has 0 aliphatic heterocycles. The van der Waals surface area contributed by atoms with Crippen LogP contribution in [0.5, 0.6) is 0 Å². The highest BCUT2D eigenvalue weighted by Gasteiger charge is 2.04. The number of benzene rings is 1. The highest BCUT2D eigenvalue weighted by molar-refractivity contribution is 6.30. The summed E-state index contributed by atoms with van der Waals surface area (Å²) in [6.07, 6.45) is 4.21. The zero-order chi connectivity index (χ0) is 11.3. The number of hydrogen-bond donors (Lipinski definition) is 1. The van der Waals surface area contributed by atoms with E-state index in [0.717, 1.165) is 23.6 Å². The second kappa shape index (κ2) is 5.82. The van der Waals surface area contributed by atoms with Gasteiger partial charge in [0.05, 0.1) is 0 Å². The molecule has 0 amide bonds. The maximum Gasteiger partial charge on any atom is 0.0441 e. The fraction of sp³-hybridized carbons (Fsp3) is 0.385. The van der Waals surface area contributed by atoms with Crippen molar-refractivity contribution < 1.29 is 0 Å². The zero-order valence-corrected chi connectivity index (χ0v) is 10.1. The molecule has 82 valence electrons. The van der Waals surface area contributed by atoms with Gasteiger partial charge in [0.25, 0.3) is 0 Å². The van der Waals surface area contributed by atoms with Gasteiger partial charge >= 0.3 is 0 Å². The SMILES string of the molecule is C=CC(CCC)Nc1ccc(Cl)cc1C. The summed E-state index contributed by atoms with van der Waals surface area (Å²) in [5.41, 5.74) is 2.31. The van der Waals surface area contributed by atoms with Gasteiger partial charge < -0.3 is 5.32 Å². The summed E-state index contributed by atoms with van der Waals surface area (Å²) in [6.45, 7) is 8.06. The minimum atomic E-state index is 0.342. The number of rotatable bonds is 5. The van der Waals surface area contributed by atoms with E-state index in [1.807, 2.05) is 24.3 Å². The molecule has 0 bridgehead atoms. The van der Waals surface area contributed by atoms with Crippen LogP contribution in [0.4, 0.5) is 5.69 Å². The van der Waals surface area contributed by atoms with Crippen molar-refractivity contribution in [3.05, 3.63) is 41.4 Å². The van der Waals surface area contributed by atoms with E-state index >= 15 is 0 Å². The molecule has 0 saturated carbocycles. The minimum Gasteiger partial charge on any atom is -0.379 e. The molecule has 0 aromatic heterocycles. The average Bonchev–Trinajstić information content (AvgIpc) is 2.21. The van der Waals surface area contributed by atoms with E-state index in [1.54, 1.807) is 0 Å². The van der Waals surface area contributed by atoms with Gasteiger partial charge in [-0.2, -0.15) is 0 Å². The molecule has 0 saturated heterocycles. The Kier molecular flexibility index (Phi) is 4.70. The molecule has 1 unspecified atom stereocenters. The van der Waals surface area contributed by atoms with Crippen LogP contribution in [0.25, 0.3) is 0 Å². The van der Waals surface area contributed by atoms with Crippen molar-refractivity contribution in [1.29, 1.82) is 0 Å². The summed E-state index contributed by atoms with van der Waals surface area (Å²) in [6, 6.07) is 6.23. The quantitative estimate of drug-likeness (QED) is 0.729. The zero-order valence-electron chi connectivity index (χ0n) is 9.39. The summed E-state index contributed by atoms with van der Waals surface area (Å²) in [5, 5.41) is 4.23. The summed E-state index contributed by atoms with van der Waals surface area (Å²) in [4.78, 5) is 0. The van der Waals surface area contributed by atoms with Gasteiger partial charge in [0, 0.05) is 16.8 Å². The Morgan fingerprint density at radius 2 is 2.27 bits per heavy atom. The van der Waals surface area contributed by atoms with Crippen molar-refractivity contribution in [3.8, 4) is 0 Å². The van der Waals surface area contributed by atoms with Gasteiger partial charge in [-0.15, -0.1) is 6.58 Å². The van der Waals surface area contributed by atoms with E-state index in [1.165, 1.54) is 5.56 Å². The molecule has 1 aromatic rings. The molecule has 0 aliphatic carbocycles. The highest BCUT2D eigenvalue weighted by atomic mass is 35.5. The van der Waals surface area contributed by atoms with Crippen LogP contribution in [0.3, 0.4) is 0 Å². The first kappa shape index (κ1) is 12.1. The van der Waals surface area contributed by atoms with Gasteiger partial charge in [-0.25, -0.2) is 0 Å². The van der Waals surface area contributed by atoms with E-state index in [9.17, 15) is 0 Å². The lowest BCUT2D eigenvalue weighted by molar-refractivity contribution is 0.740. The van der Waals surface area contributed by atoms with E-state index in [0.29, 0.717) is 6.04 Å². The third-order valence-electron chi connectivity index (χ3n) is 2.41. The Morgan fingerprint density at radius 1 is 1.53 bits per heavy atom. The van der Waals surface area contributed by atoms with Gasteiger partial charge in [-0.1, -0.05) is 31.0 Å². The Balaban J connectivity index is 2.74. The molecule has 1 rings (SSSR count). The van der Waals surface area contributed by atoms with Crippen molar-refractivity contribution in [2.45, 2.75) is 32.7 Å². The first-order chi connectivity index (χ1) is 7.17. The van der Waals surface area contributed by atoms with Crippen LogP contribution >= 0.6 is 11.6 Å². The number of hydrogen-bond acceptors (Lipinski definition) is 1. The molecule has 1 N–H and O–H groups in total. The monoisotopic (exact) mass is 223 g/mol. The predicted octanol–water partition coefficient (Wildman–Crippen LogP) is 4.42. The smallest absolute Gasteiger partial charge is 0.0441 e. The van der Waals surface area contributed by atoms with Crippen LogP contribution in [0.15, 0.2) is 30.9 Å². The number of halogens is 1. The minimum absolute atomic E-state index is 0.342. The predicted molar refractivity (Wildman–Crippen MR) is 68.7 cm³/mol. The largest absolute Gasteiger partial charge is 0.379 e. The molecule has 0 heterocycles. The molecule has 1 aromatic carbocycles. The summed E-state index contributed by atoms with van der Waals surface area (Å²) < 4.78 is 0. The van der Waals surface area contributed by atoms with E-state index in [4.69, 9.17) is 11.6 Å².